The fraction of sp³-hybridized carbons (Fsp3) is 0.238. The second-order valence-electron chi connectivity index (χ2n) is 6.58. The Bertz CT molecular complexity index is 922. The molecule has 2 aromatic carbocycles. The number of rotatable bonds is 6. The Morgan fingerprint density at radius 3 is 2.79 bits per heavy atom. The van der Waals surface area contributed by atoms with Crippen molar-refractivity contribution in [3.8, 4) is 11.5 Å². The van der Waals surface area contributed by atoms with Crippen LogP contribution in [0.5, 0.6) is 11.5 Å². The van der Waals surface area contributed by atoms with E-state index in [9.17, 15) is 9.59 Å². The summed E-state index contributed by atoms with van der Waals surface area (Å²) in [5.41, 5.74) is 1.65. The summed E-state index contributed by atoms with van der Waals surface area (Å²) in [5.74, 6) is 0.686. The van der Waals surface area contributed by atoms with E-state index in [2.05, 4.69) is 10.6 Å². The lowest BCUT2D eigenvalue weighted by Gasteiger charge is -2.21. The van der Waals surface area contributed by atoms with Gasteiger partial charge in [-0.15, -0.1) is 0 Å². The molecule has 0 fully saturated rings. The Kier molecular flexibility index (Phi) is 5.96. The highest BCUT2D eigenvalue weighted by Gasteiger charge is 2.23. The number of methoxy groups -OCH3 is 1. The molecule has 0 aromatic heterocycles. The smallest absolute Gasteiger partial charge is 0.291 e. The van der Waals surface area contributed by atoms with Gasteiger partial charge in [-0.3, -0.25) is 9.59 Å². The molecule has 1 heterocycles. The molecule has 3 rings (SSSR count). The molecule has 0 saturated heterocycles. The zero-order valence-corrected chi connectivity index (χ0v) is 16.1. The van der Waals surface area contributed by atoms with Crippen LogP contribution in [0, 0.1) is 0 Å². The Balaban J connectivity index is 1.77. The maximum Gasteiger partial charge on any atom is 0.291 e. The van der Waals surface area contributed by atoms with Crippen LogP contribution in [0.1, 0.15) is 15.9 Å². The first-order valence-corrected chi connectivity index (χ1v) is 8.89. The van der Waals surface area contributed by atoms with Crippen molar-refractivity contribution in [3.05, 3.63) is 59.4 Å². The highest BCUT2D eigenvalue weighted by Crippen LogP contribution is 2.33. The van der Waals surface area contributed by atoms with Crippen LogP contribution in [0.15, 0.2) is 48.2 Å². The first-order valence-electron chi connectivity index (χ1n) is 8.89. The summed E-state index contributed by atoms with van der Waals surface area (Å²) in [6.45, 7) is 1.28. The fourth-order valence-corrected chi connectivity index (χ4v) is 2.72. The van der Waals surface area contributed by atoms with Crippen LogP contribution >= 0.6 is 0 Å². The van der Waals surface area contributed by atoms with E-state index in [1.54, 1.807) is 31.4 Å². The van der Waals surface area contributed by atoms with Crippen LogP contribution in [0.4, 0.5) is 5.69 Å². The van der Waals surface area contributed by atoms with Crippen LogP contribution in [0.2, 0.25) is 0 Å². The van der Waals surface area contributed by atoms with E-state index < -0.39 is 0 Å². The lowest BCUT2D eigenvalue weighted by atomic mass is 10.1. The summed E-state index contributed by atoms with van der Waals surface area (Å²) >= 11 is 0. The zero-order chi connectivity index (χ0) is 20.1. The van der Waals surface area contributed by atoms with E-state index in [0.717, 1.165) is 12.1 Å². The second-order valence-corrected chi connectivity index (χ2v) is 6.58. The molecule has 0 saturated carbocycles. The van der Waals surface area contributed by atoms with Gasteiger partial charge in [0.2, 0.25) is 0 Å². The molecule has 0 radical (unpaired) electrons. The van der Waals surface area contributed by atoms with Crippen LogP contribution in [0.25, 0.3) is 6.08 Å². The van der Waals surface area contributed by atoms with Gasteiger partial charge in [-0.25, -0.2) is 0 Å². The number of nitrogens with one attached hydrogen (secondary N) is 2. The topological polar surface area (TPSA) is 79.9 Å². The van der Waals surface area contributed by atoms with E-state index in [1.165, 1.54) is 0 Å². The average Bonchev–Trinajstić information content (AvgIpc) is 2.68. The number of benzene rings is 2. The van der Waals surface area contributed by atoms with Gasteiger partial charge in [-0.2, -0.15) is 0 Å². The van der Waals surface area contributed by atoms with Crippen molar-refractivity contribution >= 4 is 23.6 Å². The fourth-order valence-electron chi connectivity index (χ4n) is 2.72. The molecule has 7 nitrogen and oxygen atoms in total. The molecule has 28 heavy (non-hydrogen) atoms. The van der Waals surface area contributed by atoms with Crippen molar-refractivity contribution in [1.29, 1.82) is 0 Å². The maximum absolute atomic E-state index is 12.4. The summed E-state index contributed by atoms with van der Waals surface area (Å²) in [5, 5.41) is 5.62. The van der Waals surface area contributed by atoms with Gasteiger partial charge >= 0.3 is 0 Å². The minimum absolute atomic E-state index is 0.153. The molecule has 0 atom stereocenters. The lowest BCUT2D eigenvalue weighted by molar-refractivity contribution is -0.115. The van der Waals surface area contributed by atoms with Gasteiger partial charge in [-0.1, -0.05) is 18.2 Å². The number of hydrogen-bond donors (Lipinski definition) is 2. The van der Waals surface area contributed by atoms with E-state index >= 15 is 0 Å². The van der Waals surface area contributed by atoms with E-state index in [0.29, 0.717) is 29.3 Å². The number of anilines is 1. The van der Waals surface area contributed by atoms with E-state index in [4.69, 9.17) is 9.47 Å². The minimum Gasteiger partial charge on any atom is -0.496 e. The highest BCUT2D eigenvalue weighted by molar-refractivity contribution is 6.09. The van der Waals surface area contributed by atoms with E-state index in [-0.39, 0.29) is 17.6 Å². The van der Waals surface area contributed by atoms with Gasteiger partial charge in [0.25, 0.3) is 11.8 Å². The number of amides is 2. The number of para-hydroxylation sites is 1. The molecule has 0 unspecified atom stereocenters. The van der Waals surface area contributed by atoms with Crippen molar-refractivity contribution in [2.24, 2.45) is 0 Å². The number of hydrogen-bond acceptors (Lipinski definition) is 5. The predicted octanol–water partition coefficient (Wildman–Crippen LogP) is 2.36. The van der Waals surface area contributed by atoms with E-state index in [1.807, 2.05) is 43.3 Å². The van der Waals surface area contributed by atoms with Gasteiger partial charge in [0.05, 0.1) is 12.8 Å². The van der Waals surface area contributed by atoms with Crippen LogP contribution in [0.3, 0.4) is 0 Å². The standard InChI is InChI=1S/C21H23N3O4/c1-24(2)11-10-22-20(25)15-8-9-18-16(12-15)23-21(26)19(28-18)13-14-6-4-5-7-17(14)27-3/h4-9,12-13H,10-11H2,1-3H3,(H,22,25)(H,23,26). The van der Waals surface area contributed by atoms with Gasteiger partial charge in [-0.05, 0) is 44.4 Å². The number of fused-ring (bicyclic) bond motifs is 1. The van der Waals surface area contributed by atoms with Gasteiger partial charge < -0.3 is 25.0 Å². The molecule has 7 heteroatoms. The predicted molar refractivity (Wildman–Crippen MR) is 108 cm³/mol. The first kappa shape index (κ1) is 19.4. The highest BCUT2D eigenvalue weighted by atomic mass is 16.5. The summed E-state index contributed by atoms with van der Waals surface area (Å²) in [4.78, 5) is 26.7. The zero-order valence-electron chi connectivity index (χ0n) is 16.1. The largest absolute Gasteiger partial charge is 0.496 e. The molecule has 2 N–H and O–H groups in total. The Hall–Kier alpha value is -3.32. The van der Waals surface area contributed by atoms with Crippen LogP contribution in [-0.2, 0) is 4.79 Å². The summed E-state index contributed by atoms with van der Waals surface area (Å²) in [6.07, 6.45) is 1.62. The Labute approximate surface area is 163 Å². The molecular formula is C21H23N3O4. The first-order chi connectivity index (χ1) is 13.5. The molecule has 146 valence electrons. The summed E-state index contributed by atoms with van der Waals surface area (Å²) in [7, 11) is 5.45. The molecule has 0 aliphatic carbocycles. The maximum atomic E-state index is 12.4. The third-order valence-electron chi connectivity index (χ3n) is 4.20. The molecule has 1 aliphatic rings. The molecule has 0 spiro atoms. The number of carbonyl (C=O) groups is 2. The number of nitrogens with zero attached hydrogens (tertiary/aromatic N) is 1. The summed E-state index contributed by atoms with van der Waals surface area (Å²) < 4.78 is 11.1. The average molecular weight is 381 g/mol. The SMILES string of the molecule is COc1ccccc1C=C1Oc2ccc(C(=O)NCCN(C)C)cc2NC1=O. The van der Waals surface area contributed by atoms with Gasteiger partial charge in [0.15, 0.2) is 11.5 Å². The normalized spacial score (nSPS) is 14.3. The van der Waals surface area contributed by atoms with Crippen molar-refractivity contribution in [3.63, 3.8) is 0 Å². The third-order valence-corrected chi connectivity index (χ3v) is 4.20. The van der Waals surface area contributed by atoms with Crippen molar-refractivity contribution in [2.75, 3.05) is 39.6 Å². The monoisotopic (exact) mass is 381 g/mol. The summed E-state index contributed by atoms with van der Waals surface area (Å²) in [6, 6.07) is 12.3. The third kappa shape index (κ3) is 4.50. The molecular weight excluding hydrogens is 358 g/mol. The van der Waals surface area contributed by atoms with Gasteiger partial charge in [0, 0.05) is 24.2 Å². The van der Waals surface area contributed by atoms with Crippen LogP contribution in [-0.4, -0.2) is 51.0 Å². The number of ether oxygens (including phenoxy) is 2. The minimum atomic E-state index is -0.386. The molecule has 1 aliphatic heterocycles. The molecule has 2 amide bonds. The lowest BCUT2D eigenvalue weighted by Crippen LogP contribution is -2.31. The van der Waals surface area contributed by atoms with Crippen molar-refractivity contribution in [1.82, 2.24) is 10.2 Å². The molecule has 0 bridgehead atoms. The van der Waals surface area contributed by atoms with Crippen molar-refractivity contribution in [2.45, 2.75) is 0 Å². The Morgan fingerprint density at radius 2 is 2.04 bits per heavy atom. The quantitative estimate of drug-likeness (QED) is 0.751. The van der Waals surface area contributed by atoms with Gasteiger partial charge in [0.1, 0.15) is 5.75 Å². The second kappa shape index (κ2) is 8.58. The van der Waals surface area contributed by atoms with Crippen molar-refractivity contribution < 1.29 is 19.1 Å². The number of carbonyl (C=O) groups excluding carboxylic acids is 2. The van der Waals surface area contributed by atoms with Crippen LogP contribution < -0.4 is 20.1 Å². The molecule has 2 aromatic rings. The Morgan fingerprint density at radius 1 is 1.25 bits per heavy atom. The number of likely N-dealkylation sites (N-methyl/N-ethyl adjacent to an activating group) is 1.